The number of rotatable bonds is 10. The molecule has 0 aliphatic rings. The van der Waals surface area contributed by atoms with E-state index < -0.39 is 5.56 Å². The van der Waals surface area contributed by atoms with Gasteiger partial charge in [-0.05, 0) is 42.7 Å². The van der Waals surface area contributed by atoms with E-state index in [1.165, 1.54) is 21.3 Å². The van der Waals surface area contributed by atoms with Gasteiger partial charge in [0, 0.05) is 23.7 Å². The van der Waals surface area contributed by atoms with Crippen LogP contribution in [0.15, 0.2) is 64.6 Å². The number of H-pyrrole nitrogens is 1. The molecule has 196 valence electrons. The maximum Gasteiger partial charge on any atom is 0.264 e. The first-order valence-corrected chi connectivity index (χ1v) is 12.4. The highest BCUT2D eigenvalue weighted by atomic mass is 35.5. The number of aromatic hydroxyl groups is 1. The zero-order chi connectivity index (χ0) is 27.1. The Bertz CT molecular complexity index is 1320. The topological polar surface area (TPSA) is 93.1 Å². The number of methoxy groups -OCH3 is 2. The van der Waals surface area contributed by atoms with Gasteiger partial charge in [0.2, 0.25) is 5.90 Å². The molecule has 0 fully saturated rings. The summed E-state index contributed by atoms with van der Waals surface area (Å²) in [6, 6.07) is 12.7. The van der Waals surface area contributed by atoms with Crippen LogP contribution in [0.1, 0.15) is 49.4 Å². The van der Waals surface area contributed by atoms with Crippen molar-refractivity contribution in [3.63, 3.8) is 0 Å². The largest absolute Gasteiger partial charge is 0.506 e. The Morgan fingerprint density at radius 1 is 1.11 bits per heavy atom. The lowest BCUT2D eigenvalue weighted by Gasteiger charge is -2.21. The summed E-state index contributed by atoms with van der Waals surface area (Å²) in [4.78, 5) is 20.4. The lowest BCUT2D eigenvalue weighted by atomic mass is 9.95. The minimum absolute atomic E-state index is 0.0540. The Balaban J connectivity index is 2.15. The van der Waals surface area contributed by atoms with Crippen LogP contribution in [0.3, 0.4) is 0 Å². The van der Waals surface area contributed by atoms with Crippen LogP contribution in [0.4, 0.5) is 0 Å². The summed E-state index contributed by atoms with van der Waals surface area (Å²) in [5, 5.41) is 12.2. The van der Waals surface area contributed by atoms with Gasteiger partial charge in [0.25, 0.3) is 5.56 Å². The van der Waals surface area contributed by atoms with E-state index in [9.17, 15) is 9.90 Å². The quantitative estimate of drug-likeness (QED) is 0.180. The van der Waals surface area contributed by atoms with Crippen LogP contribution in [0.25, 0.3) is 11.1 Å². The number of hydrogen-bond donors (Lipinski definition) is 2. The minimum atomic E-state index is -0.520. The summed E-state index contributed by atoms with van der Waals surface area (Å²) in [6.07, 6.45) is 2.25. The lowest BCUT2D eigenvalue weighted by molar-refractivity contribution is 0.379. The number of allylic oxidation sites excluding steroid dienone is 1. The van der Waals surface area contributed by atoms with Gasteiger partial charge in [-0.3, -0.25) is 9.79 Å². The maximum atomic E-state index is 13.3. The molecule has 8 heteroatoms. The van der Waals surface area contributed by atoms with E-state index in [0.29, 0.717) is 45.5 Å². The Labute approximate surface area is 222 Å². The molecule has 0 amide bonds. The van der Waals surface area contributed by atoms with Crippen molar-refractivity contribution in [2.24, 2.45) is 4.99 Å². The fourth-order valence-electron chi connectivity index (χ4n) is 4.10. The van der Waals surface area contributed by atoms with Gasteiger partial charge >= 0.3 is 0 Å². The van der Waals surface area contributed by atoms with E-state index >= 15 is 0 Å². The molecular weight excluding hydrogens is 492 g/mol. The van der Waals surface area contributed by atoms with Crippen molar-refractivity contribution in [2.75, 3.05) is 21.3 Å². The highest BCUT2D eigenvalue weighted by Gasteiger charge is 2.28. The fraction of sp³-hybridized carbons (Fsp3) is 0.310. The van der Waals surface area contributed by atoms with E-state index in [1.807, 2.05) is 19.1 Å². The Hall–Kier alpha value is -3.71. The molecule has 0 aliphatic carbocycles. The van der Waals surface area contributed by atoms with E-state index in [-0.39, 0.29) is 23.1 Å². The number of aromatic nitrogens is 1. The molecule has 2 aromatic carbocycles. The van der Waals surface area contributed by atoms with Crippen molar-refractivity contribution in [1.29, 1.82) is 0 Å². The normalized spacial score (nSPS) is 12.2. The zero-order valence-electron chi connectivity index (χ0n) is 21.9. The van der Waals surface area contributed by atoms with Crippen LogP contribution < -0.4 is 15.0 Å². The van der Waals surface area contributed by atoms with Crippen LogP contribution >= 0.6 is 11.6 Å². The average molecular weight is 525 g/mol. The number of ether oxygens (including phenoxy) is 3. The van der Waals surface area contributed by atoms with Crippen molar-refractivity contribution in [2.45, 2.75) is 39.0 Å². The number of benzene rings is 2. The van der Waals surface area contributed by atoms with Crippen molar-refractivity contribution < 1.29 is 19.3 Å². The van der Waals surface area contributed by atoms with Crippen LogP contribution in [-0.4, -0.2) is 37.3 Å². The molecule has 0 saturated heterocycles. The Morgan fingerprint density at radius 2 is 1.73 bits per heavy atom. The fourth-order valence-corrected chi connectivity index (χ4v) is 4.23. The van der Waals surface area contributed by atoms with Crippen LogP contribution in [0, 0.1) is 0 Å². The molecule has 0 radical (unpaired) electrons. The van der Waals surface area contributed by atoms with Crippen LogP contribution in [-0.2, 0) is 11.2 Å². The van der Waals surface area contributed by atoms with Crippen molar-refractivity contribution in [3.05, 3.63) is 87.0 Å². The first kappa shape index (κ1) is 27.9. The molecule has 1 aromatic heterocycles. The van der Waals surface area contributed by atoms with Gasteiger partial charge in [0.15, 0.2) is 0 Å². The number of unbranched alkanes of at least 4 members (excludes halogenated alkanes) is 1. The number of pyridine rings is 1. The average Bonchev–Trinajstić information content (AvgIpc) is 2.90. The third kappa shape index (κ3) is 6.00. The highest BCUT2D eigenvalue weighted by molar-refractivity contribution is 6.30. The second-order valence-electron chi connectivity index (χ2n) is 8.54. The maximum absolute atomic E-state index is 13.3. The lowest BCUT2D eigenvalue weighted by Crippen LogP contribution is -2.23. The van der Waals surface area contributed by atoms with Gasteiger partial charge in [-0.2, -0.15) is 0 Å². The highest BCUT2D eigenvalue weighted by Crippen LogP contribution is 2.45. The number of halogens is 1. The number of aliphatic imine (C=N–C) groups is 1. The summed E-state index contributed by atoms with van der Waals surface area (Å²) >= 11 is 6.01. The molecule has 7 nitrogen and oxygen atoms in total. The first-order valence-electron chi connectivity index (χ1n) is 12.1. The van der Waals surface area contributed by atoms with Crippen molar-refractivity contribution in [3.8, 4) is 28.4 Å². The molecule has 1 atom stereocenters. The molecule has 1 unspecified atom stereocenters. The molecule has 0 saturated carbocycles. The van der Waals surface area contributed by atoms with Gasteiger partial charge in [-0.1, -0.05) is 56.6 Å². The third-order valence-corrected chi connectivity index (χ3v) is 6.47. The van der Waals surface area contributed by atoms with Crippen molar-refractivity contribution >= 4 is 17.5 Å². The monoisotopic (exact) mass is 524 g/mol. The molecule has 2 N–H and O–H groups in total. The molecule has 3 aromatic rings. The summed E-state index contributed by atoms with van der Waals surface area (Å²) < 4.78 is 17.2. The summed E-state index contributed by atoms with van der Waals surface area (Å²) in [5.74, 6) is 0.775. The second-order valence-corrected chi connectivity index (χ2v) is 8.98. The first-order chi connectivity index (χ1) is 17.8. The number of aryl methyl sites for hydroxylation is 1. The number of nitrogens with zero attached hydrogens (tertiary/aromatic N) is 1. The molecule has 37 heavy (non-hydrogen) atoms. The van der Waals surface area contributed by atoms with E-state index in [2.05, 4.69) is 23.5 Å². The van der Waals surface area contributed by atoms with Crippen molar-refractivity contribution in [1.82, 2.24) is 4.98 Å². The third-order valence-electron chi connectivity index (χ3n) is 6.22. The Kier molecular flexibility index (Phi) is 9.42. The predicted octanol–water partition coefficient (Wildman–Crippen LogP) is 6.47. The van der Waals surface area contributed by atoms with E-state index in [4.69, 9.17) is 25.8 Å². The van der Waals surface area contributed by atoms with Gasteiger partial charge in [0.1, 0.15) is 28.6 Å². The molecular formula is C29H33ClN2O5. The van der Waals surface area contributed by atoms with E-state index in [0.717, 1.165) is 18.4 Å². The summed E-state index contributed by atoms with van der Waals surface area (Å²) in [5.41, 5.74) is 1.80. The van der Waals surface area contributed by atoms with Gasteiger partial charge < -0.3 is 24.3 Å². The summed E-state index contributed by atoms with van der Waals surface area (Å²) in [6.45, 7) is 8.02. The standard InChI is InChI=1S/C29H33ClN2O5/c1-7-8-10-21-24(25-22(35-5)11-9-12-23(25)36-6)27(33)26(28(34)32-21)29(31-4)37-18(3)17(2)19-13-15-20(30)16-14-19/h9,11-17H,3,7-8,10H2,1-2,4-6H3,(H2,32,33,34). The van der Waals surface area contributed by atoms with Gasteiger partial charge in [-0.25, -0.2) is 0 Å². The molecule has 3 rings (SSSR count). The number of hydrogen-bond acceptors (Lipinski definition) is 6. The molecule has 0 spiro atoms. The SMILES string of the molecule is C=C(OC(=NC)c1c(O)c(-c2c(OC)cccc2OC)c(CCCC)[nH]c1=O)C(C)c1ccc(Cl)cc1. The number of nitrogens with one attached hydrogen (secondary N) is 1. The Morgan fingerprint density at radius 3 is 2.27 bits per heavy atom. The van der Waals surface area contributed by atoms with Gasteiger partial charge in [0.05, 0.1) is 25.3 Å². The van der Waals surface area contributed by atoms with E-state index in [1.54, 1.807) is 30.3 Å². The smallest absolute Gasteiger partial charge is 0.264 e. The molecule has 0 aliphatic heterocycles. The van der Waals surface area contributed by atoms with Crippen LogP contribution in [0.2, 0.25) is 5.02 Å². The van der Waals surface area contributed by atoms with Gasteiger partial charge in [-0.15, -0.1) is 0 Å². The summed E-state index contributed by atoms with van der Waals surface area (Å²) in [7, 11) is 4.57. The predicted molar refractivity (Wildman–Crippen MR) is 148 cm³/mol. The minimum Gasteiger partial charge on any atom is -0.506 e. The molecule has 1 heterocycles. The number of aromatic amines is 1. The zero-order valence-corrected chi connectivity index (χ0v) is 22.6. The molecule has 0 bridgehead atoms. The second kappa shape index (κ2) is 12.5. The van der Waals surface area contributed by atoms with Crippen LogP contribution in [0.5, 0.6) is 17.2 Å².